The number of amides is 2. The van der Waals surface area contributed by atoms with Crippen LogP contribution in [0.3, 0.4) is 0 Å². The molecule has 3 fully saturated rings. The number of hydrogen-bond acceptors (Lipinski definition) is 6. The van der Waals surface area contributed by atoms with Crippen molar-refractivity contribution in [3.8, 4) is 0 Å². The molecule has 1 N–H and O–H groups in total. The van der Waals surface area contributed by atoms with Crippen molar-refractivity contribution in [3.63, 3.8) is 0 Å². The van der Waals surface area contributed by atoms with E-state index in [1.807, 2.05) is 29.2 Å². The molecule has 0 unspecified atom stereocenters. The fourth-order valence-corrected chi connectivity index (χ4v) is 4.72. The summed E-state index contributed by atoms with van der Waals surface area (Å²) in [5, 5.41) is 2.99. The van der Waals surface area contributed by atoms with E-state index in [1.54, 1.807) is 0 Å². The van der Waals surface area contributed by atoms with E-state index in [0.29, 0.717) is 25.5 Å². The van der Waals surface area contributed by atoms with E-state index in [-0.39, 0.29) is 36.5 Å². The molecule has 154 valence electrons. The number of oxazole rings is 1. The number of aromatic nitrogens is 1. The number of ether oxygens (including phenoxy) is 1. The molecule has 0 spiro atoms. The van der Waals surface area contributed by atoms with Crippen molar-refractivity contribution < 1.29 is 18.7 Å². The van der Waals surface area contributed by atoms with Crippen molar-refractivity contribution in [2.45, 2.75) is 37.8 Å². The van der Waals surface area contributed by atoms with Gasteiger partial charge in [0.1, 0.15) is 12.1 Å². The molecular formula is C21H26N4O4. The lowest BCUT2D eigenvalue weighted by Crippen LogP contribution is -2.55. The minimum Gasteiger partial charge on any atom is -0.423 e. The molecule has 1 aliphatic carbocycles. The Morgan fingerprint density at radius 1 is 1.14 bits per heavy atom. The van der Waals surface area contributed by atoms with Crippen molar-refractivity contribution in [2.24, 2.45) is 5.92 Å². The Bertz CT molecular complexity index is 880. The summed E-state index contributed by atoms with van der Waals surface area (Å²) < 4.78 is 11.6. The second-order valence-electron chi connectivity index (χ2n) is 8.16. The minimum atomic E-state index is -0.0529. The standard InChI is InChI=1S/C21H26N4O4/c26-19-13-28-18-12-14(6-7-16(18)22-19)20(27)24-8-3-9-25(11-10-24)21-23-15-4-1-2-5-17(15)29-21/h1-2,4-5,14,16,18H,3,6-13H2,(H,22,26)/t14-,16-,18-/m0/s1. The van der Waals surface area contributed by atoms with Gasteiger partial charge in [0.25, 0.3) is 6.01 Å². The van der Waals surface area contributed by atoms with Gasteiger partial charge in [0.2, 0.25) is 11.8 Å². The first-order chi connectivity index (χ1) is 14.2. The molecule has 0 bridgehead atoms. The normalized spacial score (nSPS) is 28.0. The lowest BCUT2D eigenvalue weighted by molar-refractivity contribution is -0.146. The molecule has 8 heteroatoms. The van der Waals surface area contributed by atoms with E-state index in [9.17, 15) is 9.59 Å². The number of para-hydroxylation sites is 2. The van der Waals surface area contributed by atoms with Gasteiger partial charge in [-0.15, -0.1) is 0 Å². The van der Waals surface area contributed by atoms with Crippen LogP contribution in [0, 0.1) is 5.92 Å². The number of fused-ring (bicyclic) bond motifs is 2. The highest BCUT2D eigenvalue weighted by atomic mass is 16.5. The Kier molecular flexibility index (Phi) is 4.87. The molecule has 3 aliphatic rings. The molecule has 2 aliphatic heterocycles. The van der Waals surface area contributed by atoms with E-state index < -0.39 is 0 Å². The summed E-state index contributed by atoms with van der Waals surface area (Å²) in [6, 6.07) is 8.45. The maximum Gasteiger partial charge on any atom is 0.298 e. The number of carbonyl (C=O) groups is 2. The summed E-state index contributed by atoms with van der Waals surface area (Å²) in [7, 11) is 0. The molecule has 3 heterocycles. The SMILES string of the molecule is O=C1CO[C@H]2C[C@@H](C(=O)N3CCCN(c4nc5ccccc5o4)CC3)CC[C@@H]2N1. The largest absolute Gasteiger partial charge is 0.423 e. The van der Waals surface area contributed by atoms with Crippen molar-refractivity contribution >= 4 is 28.9 Å². The third kappa shape index (κ3) is 3.69. The van der Waals surface area contributed by atoms with Crippen LogP contribution >= 0.6 is 0 Å². The maximum atomic E-state index is 13.2. The smallest absolute Gasteiger partial charge is 0.298 e. The highest BCUT2D eigenvalue weighted by Gasteiger charge is 2.39. The van der Waals surface area contributed by atoms with Gasteiger partial charge in [0, 0.05) is 32.1 Å². The van der Waals surface area contributed by atoms with E-state index in [2.05, 4.69) is 15.2 Å². The maximum absolute atomic E-state index is 13.2. The number of anilines is 1. The third-order valence-corrected chi connectivity index (χ3v) is 6.28. The van der Waals surface area contributed by atoms with E-state index in [4.69, 9.17) is 9.15 Å². The van der Waals surface area contributed by atoms with Crippen LogP contribution in [0.15, 0.2) is 28.7 Å². The summed E-state index contributed by atoms with van der Waals surface area (Å²) in [4.78, 5) is 33.4. The lowest BCUT2D eigenvalue weighted by atomic mass is 9.82. The summed E-state index contributed by atoms with van der Waals surface area (Å²) in [6.07, 6.45) is 3.13. The quantitative estimate of drug-likeness (QED) is 0.826. The zero-order valence-electron chi connectivity index (χ0n) is 16.4. The zero-order valence-corrected chi connectivity index (χ0v) is 16.4. The first-order valence-electron chi connectivity index (χ1n) is 10.5. The van der Waals surface area contributed by atoms with Crippen molar-refractivity contribution in [1.29, 1.82) is 0 Å². The summed E-state index contributed by atoms with van der Waals surface area (Å²) in [5.41, 5.74) is 1.65. The van der Waals surface area contributed by atoms with E-state index >= 15 is 0 Å². The van der Waals surface area contributed by atoms with Crippen LogP contribution in [-0.2, 0) is 14.3 Å². The molecular weight excluding hydrogens is 372 g/mol. The summed E-state index contributed by atoms with van der Waals surface area (Å²) >= 11 is 0. The average Bonchev–Trinajstić information content (AvgIpc) is 3.02. The molecule has 3 atom stereocenters. The van der Waals surface area contributed by atoms with Crippen LogP contribution in [0.5, 0.6) is 0 Å². The van der Waals surface area contributed by atoms with Crippen LogP contribution in [0.4, 0.5) is 6.01 Å². The molecule has 1 aromatic heterocycles. The number of nitrogens with zero attached hydrogens (tertiary/aromatic N) is 3. The van der Waals surface area contributed by atoms with Gasteiger partial charge in [-0.05, 0) is 37.8 Å². The lowest BCUT2D eigenvalue weighted by Gasteiger charge is -2.39. The first-order valence-corrected chi connectivity index (χ1v) is 10.5. The van der Waals surface area contributed by atoms with Crippen LogP contribution < -0.4 is 10.2 Å². The van der Waals surface area contributed by atoms with Gasteiger partial charge in [-0.2, -0.15) is 4.98 Å². The highest BCUT2D eigenvalue weighted by Crippen LogP contribution is 2.30. The van der Waals surface area contributed by atoms with Gasteiger partial charge in [-0.3, -0.25) is 9.59 Å². The molecule has 2 saturated heterocycles. The topological polar surface area (TPSA) is 87.9 Å². The Labute approximate surface area is 169 Å². The molecule has 2 aromatic rings. The molecule has 5 rings (SSSR count). The predicted octanol–water partition coefficient (Wildman–Crippen LogP) is 1.55. The van der Waals surface area contributed by atoms with Crippen LogP contribution in [-0.4, -0.2) is 66.6 Å². The number of carbonyl (C=O) groups excluding carboxylic acids is 2. The molecule has 1 aromatic carbocycles. The third-order valence-electron chi connectivity index (χ3n) is 6.28. The number of hydrogen-bond donors (Lipinski definition) is 1. The molecule has 1 saturated carbocycles. The molecule has 2 amide bonds. The van der Waals surface area contributed by atoms with Crippen molar-refractivity contribution in [3.05, 3.63) is 24.3 Å². The molecule has 8 nitrogen and oxygen atoms in total. The van der Waals surface area contributed by atoms with Crippen LogP contribution in [0.25, 0.3) is 11.1 Å². The number of morpholine rings is 1. The average molecular weight is 398 g/mol. The Hall–Kier alpha value is -2.61. The van der Waals surface area contributed by atoms with Gasteiger partial charge in [0.15, 0.2) is 5.58 Å². The summed E-state index contributed by atoms with van der Waals surface area (Å²) in [6.45, 7) is 3.05. The van der Waals surface area contributed by atoms with Gasteiger partial charge in [-0.1, -0.05) is 12.1 Å². The molecule has 0 radical (unpaired) electrons. The van der Waals surface area contributed by atoms with Crippen LogP contribution in [0.1, 0.15) is 25.7 Å². The van der Waals surface area contributed by atoms with E-state index in [1.165, 1.54) is 0 Å². The van der Waals surface area contributed by atoms with Gasteiger partial charge >= 0.3 is 0 Å². The minimum absolute atomic E-state index is 0.0258. The van der Waals surface area contributed by atoms with Gasteiger partial charge in [-0.25, -0.2) is 0 Å². The Morgan fingerprint density at radius 2 is 2.03 bits per heavy atom. The van der Waals surface area contributed by atoms with Gasteiger partial charge in [0.05, 0.1) is 12.1 Å². The van der Waals surface area contributed by atoms with Crippen molar-refractivity contribution in [2.75, 3.05) is 37.7 Å². The Morgan fingerprint density at radius 3 is 2.93 bits per heavy atom. The summed E-state index contributed by atoms with van der Waals surface area (Å²) in [5.74, 6) is 0.133. The van der Waals surface area contributed by atoms with Crippen molar-refractivity contribution in [1.82, 2.24) is 15.2 Å². The second-order valence-corrected chi connectivity index (χ2v) is 8.16. The molecule has 29 heavy (non-hydrogen) atoms. The zero-order chi connectivity index (χ0) is 19.8. The van der Waals surface area contributed by atoms with Crippen LogP contribution in [0.2, 0.25) is 0 Å². The van der Waals surface area contributed by atoms with Gasteiger partial charge < -0.3 is 24.3 Å². The van der Waals surface area contributed by atoms with E-state index in [0.717, 1.165) is 43.5 Å². The monoisotopic (exact) mass is 398 g/mol. The number of nitrogens with one attached hydrogen (secondary N) is 1. The fourth-order valence-electron chi connectivity index (χ4n) is 4.72. The Balaban J connectivity index is 1.21. The predicted molar refractivity (Wildman–Crippen MR) is 106 cm³/mol. The highest BCUT2D eigenvalue weighted by molar-refractivity contribution is 5.80. The number of benzene rings is 1. The fraction of sp³-hybridized carbons (Fsp3) is 0.571. The first kappa shape index (κ1) is 18.4. The second kappa shape index (κ2) is 7.67. The number of rotatable bonds is 2.